The quantitative estimate of drug-likeness (QED) is 0.322. The molecule has 0 aliphatic carbocycles. The average Bonchev–Trinajstić information content (AvgIpc) is 3.54. The van der Waals surface area contributed by atoms with E-state index < -0.39 is 0 Å². The van der Waals surface area contributed by atoms with Crippen molar-refractivity contribution in [2.75, 3.05) is 25.4 Å². The summed E-state index contributed by atoms with van der Waals surface area (Å²) in [7, 11) is 0. The highest BCUT2D eigenvalue weighted by atomic mass is 32.2. The van der Waals surface area contributed by atoms with Crippen LogP contribution in [0.5, 0.6) is 23.0 Å². The van der Waals surface area contributed by atoms with Gasteiger partial charge in [-0.1, -0.05) is 36.5 Å². The zero-order chi connectivity index (χ0) is 23.5. The molecule has 3 aliphatic rings. The summed E-state index contributed by atoms with van der Waals surface area (Å²) in [6, 6.07) is 10.9. The Labute approximate surface area is 206 Å². The van der Waals surface area contributed by atoms with E-state index in [-0.39, 0.29) is 25.4 Å². The lowest BCUT2D eigenvalue weighted by Crippen LogP contribution is -2.29. The van der Waals surface area contributed by atoms with Gasteiger partial charge in [0.15, 0.2) is 23.0 Å². The van der Waals surface area contributed by atoms with E-state index in [0.29, 0.717) is 50.9 Å². The van der Waals surface area contributed by atoms with Crippen LogP contribution in [0.25, 0.3) is 6.08 Å². The number of hydrogen-bond donors (Lipinski definition) is 1. The number of unbranched alkanes of at least 4 members (excludes halogenated alkanes) is 2. The van der Waals surface area contributed by atoms with Crippen molar-refractivity contribution in [2.45, 2.75) is 25.7 Å². The molecule has 0 spiro atoms. The third-order valence-electron chi connectivity index (χ3n) is 5.51. The molecular formula is C24H22N2O6S2. The van der Waals surface area contributed by atoms with Gasteiger partial charge >= 0.3 is 0 Å². The molecule has 8 nitrogen and oxygen atoms in total. The van der Waals surface area contributed by atoms with E-state index in [1.165, 1.54) is 11.8 Å². The lowest BCUT2D eigenvalue weighted by atomic mass is 10.1. The number of rotatable bonds is 8. The van der Waals surface area contributed by atoms with E-state index in [1.807, 2.05) is 24.3 Å². The number of nitrogens with one attached hydrogen (secondary N) is 1. The number of ether oxygens (including phenoxy) is 4. The minimum Gasteiger partial charge on any atom is -0.454 e. The second kappa shape index (κ2) is 9.94. The van der Waals surface area contributed by atoms with Crippen molar-refractivity contribution in [2.24, 2.45) is 0 Å². The van der Waals surface area contributed by atoms with Gasteiger partial charge in [-0.3, -0.25) is 14.5 Å². The standard InChI is InChI=1S/C24H22N2O6S2/c27-22(25-16-6-8-18-20(12-16)32-14-30-18)4-2-1-3-9-26-23(28)21(34-24(26)33)11-15-5-7-17-19(10-15)31-13-29-17/h5-8,10-12H,1-4,9,13-14H2,(H,25,27). The van der Waals surface area contributed by atoms with Crippen LogP contribution >= 0.6 is 24.0 Å². The number of thiocarbonyl (C=S) groups is 1. The Hall–Kier alpha value is -3.24. The molecule has 176 valence electrons. The molecule has 0 radical (unpaired) electrons. The highest BCUT2D eigenvalue weighted by molar-refractivity contribution is 8.26. The largest absolute Gasteiger partial charge is 0.454 e. The summed E-state index contributed by atoms with van der Waals surface area (Å²) in [6.45, 7) is 0.942. The molecule has 1 N–H and O–H groups in total. The number of amides is 2. The minimum atomic E-state index is -0.0896. The molecule has 1 fully saturated rings. The van der Waals surface area contributed by atoms with Gasteiger partial charge in [-0.05, 0) is 48.7 Å². The molecule has 0 saturated carbocycles. The maximum Gasteiger partial charge on any atom is 0.266 e. The lowest BCUT2D eigenvalue weighted by molar-refractivity contribution is -0.122. The number of carbonyl (C=O) groups is 2. The van der Waals surface area contributed by atoms with Gasteiger partial charge in [0.2, 0.25) is 19.5 Å². The number of fused-ring (bicyclic) bond motifs is 2. The van der Waals surface area contributed by atoms with E-state index >= 15 is 0 Å². The Morgan fingerprint density at radius 2 is 1.68 bits per heavy atom. The summed E-state index contributed by atoms with van der Waals surface area (Å²) in [4.78, 5) is 27.3. The molecule has 34 heavy (non-hydrogen) atoms. The molecule has 2 aromatic carbocycles. The highest BCUT2D eigenvalue weighted by Gasteiger charge is 2.31. The topological polar surface area (TPSA) is 86.3 Å². The Morgan fingerprint density at radius 1 is 0.971 bits per heavy atom. The normalized spacial score (nSPS) is 17.1. The van der Waals surface area contributed by atoms with Crippen LogP contribution in [0.3, 0.4) is 0 Å². The summed E-state index contributed by atoms with van der Waals surface area (Å²) in [5, 5.41) is 2.87. The number of hydrogen-bond acceptors (Lipinski definition) is 8. The van der Waals surface area contributed by atoms with Gasteiger partial charge in [-0.25, -0.2) is 0 Å². The first-order valence-corrected chi connectivity index (χ1v) is 12.1. The van der Waals surface area contributed by atoms with Crippen molar-refractivity contribution in [3.05, 3.63) is 46.9 Å². The first kappa shape index (κ1) is 22.5. The predicted octanol–water partition coefficient (Wildman–Crippen LogP) is 4.54. The summed E-state index contributed by atoms with van der Waals surface area (Å²) in [6.07, 6.45) is 4.52. The van der Waals surface area contributed by atoms with E-state index in [2.05, 4.69) is 5.32 Å². The predicted molar refractivity (Wildman–Crippen MR) is 132 cm³/mol. The number of carbonyl (C=O) groups excluding carboxylic acids is 2. The molecule has 1 saturated heterocycles. The fraction of sp³-hybridized carbons (Fsp3) is 0.292. The van der Waals surface area contributed by atoms with Crippen molar-refractivity contribution in [1.82, 2.24) is 4.90 Å². The third kappa shape index (κ3) is 4.97. The van der Waals surface area contributed by atoms with Gasteiger partial charge in [-0.15, -0.1) is 0 Å². The van der Waals surface area contributed by atoms with E-state index in [1.54, 1.807) is 23.1 Å². The monoisotopic (exact) mass is 498 g/mol. The van der Waals surface area contributed by atoms with Gasteiger partial charge in [-0.2, -0.15) is 0 Å². The third-order valence-corrected chi connectivity index (χ3v) is 6.89. The molecule has 10 heteroatoms. The van der Waals surface area contributed by atoms with Crippen molar-refractivity contribution in [1.29, 1.82) is 0 Å². The number of benzene rings is 2. The minimum absolute atomic E-state index is 0.0591. The first-order chi connectivity index (χ1) is 16.6. The second-order valence-electron chi connectivity index (χ2n) is 7.87. The van der Waals surface area contributed by atoms with Crippen LogP contribution in [0.1, 0.15) is 31.2 Å². The van der Waals surface area contributed by atoms with Crippen LogP contribution in [-0.2, 0) is 9.59 Å². The van der Waals surface area contributed by atoms with E-state index in [4.69, 9.17) is 31.2 Å². The van der Waals surface area contributed by atoms with Crippen LogP contribution in [0.2, 0.25) is 0 Å². The highest BCUT2D eigenvalue weighted by Crippen LogP contribution is 2.37. The molecule has 0 unspecified atom stereocenters. The van der Waals surface area contributed by atoms with Crippen LogP contribution in [0, 0.1) is 0 Å². The fourth-order valence-electron chi connectivity index (χ4n) is 3.78. The van der Waals surface area contributed by atoms with Gasteiger partial charge in [0, 0.05) is 24.7 Å². The van der Waals surface area contributed by atoms with Crippen LogP contribution in [-0.4, -0.2) is 41.2 Å². The lowest BCUT2D eigenvalue weighted by Gasteiger charge is -2.14. The maximum absolute atomic E-state index is 12.8. The fourth-order valence-corrected chi connectivity index (χ4v) is 5.09. The van der Waals surface area contributed by atoms with E-state index in [9.17, 15) is 9.59 Å². The Bertz CT molecular complexity index is 1180. The van der Waals surface area contributed by atoms with Crippen molar-refractivity contribution in [3.8, 4) is 23.0 Å². The zero-order valence-electron chi connectivity index (χ0n) is 18.2. The Kier molecular flexibility index (Phi) is 6.59. The van der Waals surface area contributed by atoms with Gasteiger partial charge in [0.25, 0.3) is 5.91 Å². The molecule has 2 aromatic rings. The molecule has 2 amide bonds. The SMILES string of the molecule is O=C(CCCCCN1C(=O)C(=Cc2ccc3c(c2)OCO3)SC1=S)Nc1ccc2c(c1)OCO2. The summed E-state index contributed by atoms with van der Waals surface area (Å²) < 4.78 is 21.9. The van der Waals surface area contributed by atoms with Crippen molar-refractivity contribution >= 4 is 51.9 Å². The van der Waals surface area contributed by atoms with Gasteiger partial charge in [0.1, 0.15) is 4.32 Å². The van der Waals surface area contributed by atoms with Crippen molar-refractivity contribution < 1.29 is 28.5 Å². The number of thioether (sulfide) groups is 1. The molecule has 0 aromatic heterocycles. The van der Waals surface area contributed by atoms with E-state index in [0.717, 1.165) is 24.8 Å². The smallest absolute Gasteiger partial charge is 0.266 e. The summed E-state index contributed by atoms with van der Waals surface area (Å²) >= 11 is 6.72. The van der Waals surface area contributed by atoms with Crippen LogP contribution in [0.15, 0.2) is 41.3 Å². The van der Waals surface area contributed by atoms with Crippen LogP contribution < -0.4 is 24.3 Å². The second-order valence-corrected chi connectivity index (χ2v) is 9.55. The van der Waals surface area contributed by atoms with Gasteiger partial charge in [0.05, 0.1) is 4.91 Å². The Balaban J connectivity index is 1.06. The molecule has 3 heterocycles. The molecule has 0 bridgehead atoms. The summed E-state index contributed by atoms with van der Waals surface area (Å²) in [5.41, 5.74) is 1.54. The van der Waals surface area contributed by atoms with Gasteiger partial charge < -0.3 is 24.3 Å². The molecule has 5 rings (SSSR count). The number of anilines is 1. The summed E-state index contributed by atoms with van der Waals surface area (Å²) in [5.74, 6) is 2.54. The average molecular weight is 499 g/mol. The zero-order valence-corrected chi connectivity index (χ0v) is 19.8. The first-order valence-electron chi connectivity index (χ1n) is 10.9. The van der Waals surface area contributed by atoms with Crippen LogP contribution in [0.4, 0.5) is 5.69 Å². The Morgan fingerprint density at radius 3 is 2.47 bits per heavy atom. The molecule has 3 aliphatic heterocycles. The number of nitrogens with zero attached hydrogens (tertiary/aromatic N) is 1. The van der Waals surface area contributed by atoms with Crippen molar-refractivity contribution in [3.63, 3.8) is 0 Å². The molecule has 0 atom stereocenters. The maximum atomic E-state index is 12.8. The molecular weight excluding hydrogens is 476 g/mol.